The molecule has 0 radical (unpaired) electrons. The highest BCUT2D eigenvalue weighted by Crippen LogP contribution is 2.20. The van der Waals surface area contributed by atoms with Crippen LogP contribution in [0.1, 0.15) is 38.6 Å². The summed E-state index contributed by atoms with van der Waals surface area (Å²) in [6.45, 7) is 5.68. The number of fused-ring (bicyclic) bond motifs is 1. The molecule has 5 heteroatoms. The standard InChI is InChI=1S/C16H22N4O/c1-11(2)20-14-8-4-3-6-12(14)19-15(20)10-18-16(21)13-7-5-9-17-13/h3-4,6,8,11,13,17H,5,7,9-10H2,1-2H3,(H,18,21). The molecule has 1 unspecified atom stereocenters. The van der Waals surface area contributed by atoms with Crippen molar-refractivity contribution in [2.24, 2.45) is 0 Å². The molecule has 1 fully saturated rings. The molecule has 0 bridgehead atoms. The van der Waals surface area contributed by atoms with Crippen LogP contribution in [0.2, 0.25) is 0 Å². The van der Waals surface area contributed by atoms with Crippen molar-refractivity contribution in [2.75, 3.05) is 6.54 Å². The predicted octanol–water partition coefficient (Wildman–Crippen LogP) is 1.99. The largest absolute Gasteiger partial charge is 0.348 e. The van der Waals surface area contributed by atoms with Crippen molar-refractivity contribution in [3.8, 4) is 0 Å². The minimum absolute atomic E-state index is 0.0399. The van der Waals surface area contributed by atoms with E-state index in [2.05, 4.69) is 40.1 Å². The Labute approximate surface area is 124 Å². The van der Waals surface area contributed by atoms with Gasteiger partial charge in [0.25, 0.3) is 0 Å². The second-order valence-electron chi connectivity index (χ2n) is 5.85. The van der Waals surface area contributed by atoms with Crippen molar-refractivity contribution in [2.45, 2.75) is 45.3 Å². The summed E-state index contributed by atoms with van der Waals surface area (Å²) in [6, 6.07) is 8.37. The normalized spacial score (nSPS) is 18.5. The number of nitrogens with zero attached hydrogens (tertiary/aromatic N) is 2. The van der Waals surface area contributed by atoms with E-state index in [1.807, 2.05) is 18.2 Å². The van der Waals surface area contributed by atoms with E-state index in [-0.39, 0.29) is 11.9 Å². The topological polar surface area (TPSA) is 59.0 Å². The van der Waals surface area contributed by atoms with E-state index in [4.69, 9.17) is 0 Å². The molecule has 0 aliphatic carbocycles. The number of carbonyl (C=O) groups excluding carboxylic acids is 1. The summed E-state index contributed by atoms with van der Waals surface area (Å²) in [5.41, 5.74) is 2.10. The molecule has 0 spiro atoms. The van der Waals surface area contributed by atoms with Crippen molar-refractivity contribution >= 4 is 16.9 Å². The Kier molecular flexibility index (Phi) is 3.92. The van der Waals surface area contributed by atoms with Crippen molar-refractivity contribution in [3.05, 3.63) is 30.1 Å². The molecule has 3 rings (SSSR count). The third-order valence-electron chi connectivity index (χ3n) is 3.98. The molecular weight excluding hydrogens is 264 g/mol. The third-order valence-corrected chi connectivity index (χ3v) is 3.98. The van der Waals surface area contributed by atoms with Crippen molar-refractivity contribution in [1.82, 2.24) is 20.2 Å². The molecule has 1 aromatic carbocycles. The van der Waals surface area contributed by atoms with Gasteiger partial charge in [0.15, 0.2) is 0 Å². The van der Waals surface area contributed by atoms with E-state index in [0.29, 0.717) is 12.6 Å². The molecular formula is C16H22N4O. The van der Waals surface area contributed by atoms with Gasteiger partial charge in [-0.3, -0.25) is 4.79 Å². The zero-order valence-electron chi connectivity index (χ0n) is 12.6. The van der Waals surface area contributed by atoms with Gasteiger partial charge in [0.2, 0.25) is 5.91 Å². The maximum absolute atomic E-state index is 12.1. The number of benzene rings is 1. The van der Waals surface area contributed by atoms with E-state index in [1.165, 1.54) is 0 Å². The van der Waals surface area contributed by atoms with E-state index in [9.17, 15) is 4.79 Å². The zero-order valence-corrected chi connectivity index (χ0v) is 12.6. The summed E-state index contributed by atoms with van der Waals surface area (Å²) in [6.07, 6.45) is 2.00. The maximum atomic E-state index is 12.1. The second kappa shape index (κ2) is 5.85. The van der Waals surface area contributed by atoms with Crippen LogP contribution in [0.25, 0.3) is 11.0 Å². The first kappa shape index (κ1) is 14.1. The molecule has 1 atom stereocenters. The number of hydrogen-bond acceptors (Lipinski definition) is 3. The first-order valence-corrected chi connectivity index (χ1v) is 7.64. The number of imidazole rings is 1. The summed E-state index contributed by atoms with van der Waals surface area (Å²) < 4.78 is 2.19. The Morgan fingerprint density at radius 1 is 1.48 bits per heavy atom. The molecule has 2 aromatic rings. The monoisotopic (exact) mass is 286 g/mol. The number of nitrogens with one attached hydrogen (secondary N) is 2. The highest BCUT2D eigenvalue weighted by Gasteiger charge is 2.22. The lowest BCUT2D eigenvalue weighted by molar-refractivity contribution is -0.123. The fraction of sp³-hybridized carbons (Fsp3) is 0.500. The minimum atomic E-state index is -0.0399. The SMILES string of the molecule is CC(C)n1c(CNC(=O)C2CCCN2)nc2ccccc21. The van der Waals surface area contributed by atoms with Crippen LogP contribution in [0.4, 0.5) is 0 Å². The average Bonchev–Trinajstić information content (AvgIpc) is 3.11. The first-order chi connectivity index (χ1) is 10.2. The number of rotatable bonds is 4. The lowest BCUT2D eigenvalue weighted by atomic mass is 10.2. The van der Waals surface area contributed by atoms with Crippen LogP contribution in [-0.4, -0.2) is 28.0 Å². The number of carbonyl (C=O) groups is 1. The Bertz CT molecular complexity index is 641. The van der Waals surface area contributed by atoms with Crippen LogP contribution in [0.3, 0.4) is 0 Å². The van der Waals surface area contributed by atoms with Crippen LogP contribution >= 0.6 is 0 Å². The van der Waals surface area contributed by atoms with Crippen molar-refractivity contribution < 1.29 is 4.79 Å². The van der Waals surface area contributed by atoms with Crippen molar-refractivity contribution in [3.63, 3.8) is 0 Å². The summed E-state index contributed by atoms with van der Waals surface area (Å²) in [5, 5.41) is 6.23. The van der Waals surface area contributed by atoms with Crippen LogP contribution in [0, 0.1) is 0 Å². The van der Waals surface area contributed by atoms with Gasteiger partial charge in [-0.1, -0.05) is 12.1 Å². The number of para-hydroxylation sites is 2. The van der Waals surface area contributed by atoms with E-state index in [1.54, 1.807) is 0 Å². The highest BCUT2D eigenvalue weighted by atomic mass is 16.2. The molecule has 1 amide bonds. The number of hydrogen-bond donors (Lipinski definition) is 2. The van der Waals surface area contributed by atoms with Gasteiger partial charge < -0.3 is 15.2 Å². The molecule has 5 nitrogen and oxygen atoms in total. The molecule has 2 N–H and O–H groups in total. The Morgan fingerprint density at radius 2 is 2.29 bits per heavy atom. The van der Waals surface area contributed by atoms with Crippen LogP contribution in [0.15, 0.2) is 24.3 Å². The van der Waals surface area contributed by atoms with Gasteiger partial charge in [-0.05, 0) is 45.4 Å². The van der Waals surface area contributed by atoms with Crippen molar-refractivity contribution in [1.29, 1.82) is 0 Å². The van der Waals surface area contributed by atoms with Gasteiger partial charge in [-0.2, -0.15) is 0 Å². The third kappa shape index (κ3) is 2.78. The minimum Gasteiger partial charge on any atom is -0.348 e. The van der Waals surface area contributed by atoms with Gasteiger partial charge in [0.05, 0.1) is 23.6 Å². The average molecular weight is 286 g/mol. The maximum Gasteiger partial charge on any atom is 0.237 e. The van der Waals surface area contributed by atoms with Gasteiger partial charge in [-0.15, -0.1) is 0 Å². The smallest absolute Gasteiger partial charge is 0.237 e. The molecule has 2 heterocycles. The highest BCUT2D eigenvalue weighted by molar-refractivity contribution is 5.82. The molecule has 1 aliphatic rings. The fourth-order valence-electron chi connectivity index (χ4n) is 2.99. The Hall–Kier alpha value is -1.88. The summed E-state index contributed by atoms with van der Waals surface area (Å²) in [4.78, 5) is 16.8. The molecule has 0 saturated carbocycles. The van der Waals surface area contributed by atoms with E-state index >= 15 is 0 Å². The van der Waals surface area contributed by atoms with Gasteiger partial charge in [-0.25, -0.2) is 4.98 Å². The molecule has 1 aromatic heterocycles. The summed E-state index contributed by atoms with van der Waals surface area (Å²) in [7, 11) is 0. The van der Waals surface area contributed by atoms with Crippen LogP contribution in [0.5, 0.6) is 0 Å². The van der Waals surface area contributed by atoms with E-state index < -0.39 is 0 Å². The predicted molar refractivity (Wildman–Crippen MR) is 83.0 cm³/mol. The Balaban J connectivity index is 1.79. The first-order valence-electron chi connectivity index (χ1n) is 7.64. The van der Waals surface area contributed by atoms with Gasteiger partial charge >= 0.3 is 0 Å². The van der Waals surface area contributed by atoms with Crippen LogP contribution in [-0.2, 0) is 11.3 Å². The lowest BCUT2D eigenvalue weighted by Gasteiger charge is -2.15. The zero-order chi connectivity index (χ0) is 14.8. The van der Waals surface area contributed by atoms with E-state index in [0.717, 1.165) is 36.2 Å². The second-order valence-corrected chi connectivity index (χ2v) is 5.85. The van der Waals surface area contributed by atoms with Gasteiger partial charge in [0, 0.05) is 6.04 Å². The lowest BCUT2D eigenvalue weighted by Crippen LogP contribution is -2.40. The quantitative estimate of drug-likeness (QED) is 0.903. The molecule has 112 valence electrons. The molecule has 1 aliphatic heterocycles. The number of amides is 1. The molecule has 21 heavy (non-hydrogen) atoms. The van der Waals surface area contributed by atoms with Crippen LogP contribution < -0.4 is 10.6 Å². The molecule has 1 saturated heterocycles. The Morgan fingerprint density at radius 3 is 3.00 bits per heavy atom. The fourth-order valence-corrected chi connectivity index (χ4v) is 2.99. The number of aromatic nitrogens is 2. The summed E-state index contributed by atoms with van der Waals surface area (Å²) in [5.74, 6) is 0.993. The summed E-state index contributed by atoms with van der Waals surface area (Å²) >= 11 is 0. The van der Waals surface area contributed by atoms with Gasteiger partial charge in [0.1, 0.15) is 5.82 Å².